The van der Waals surface area contributed by atoms with E-state index in [1.165, 1.54) is 25.7 Å². The van der Waals surface area contributed by atoms with Crippen molar-refractivity contribution < 1.29 is 28.6 Å². The third kappa shape index (κ3) is 6.99. The second-order valence-corrected chi connectivity index (χ2v) is 9.05. The SMILES string of the molecule is CCCCCCCCCc1ccc(CCNC2CCC(C(=O)O)(C(=O)O)CC2)c(F)c1F. The average Bonchev–Trinajstić information content (AvgIpc) is 2.77. The van der Waals surface area contributed by atoms with Crippen molar-refractivity contribution >= 4 is 11.9 Å². The Morgan fingerprint density at radius 2 is 1.41 bits per heavy atom. The number of halogens is 2. The van der Waals surface area contributed by atoms with E-state index in [4.69, 9.17) is 0 Å². The van der Waals surface area contributed by atoms with E-state index in [1.54, 1.807) is 12.1 Å². The largest absolute Gasteiger partial charge is 0.480 e. The van der Waals surface area contributed by atoms with Crippen molar-refractivity contribution in [1.82, 2.24) is 5.32 Å². The monoisotopic (exact) mass is 453 g/mol. The maximum atomic E-state index is 14.5. The Balaban J connectivity index is 1.75. The normalized spacial score (nSPS) is 16.2. The van der Waals surface area contributed by atoms with Crippen LogP contribution in [0.5, 0.6) is 0 Å². The van der Waals surface area contributed by atoms with Gasteiger partial charge in [-0.25, -0.2) is 8.78 Å². The van der Waals surface area contributed by atoms with Gasteiger partial charge in [0, 0.05) is 6.04 Å². The fourth-order valence-electron chi connectivity index (χ4n) is 4.53. The standard InChI is InChI=1S/C25H37F2NO4/c1-2-3-4-5-6-7-8-9-18-10-11-19(22(27)21(18)26)14-17-28-20-12-15-25(16-13-20,23(29)30)24(31)32/h10-11,20,28H,2-9,12-17H2,1H3,(H,29,30)(H,31,32). The van der Waals surface area contributed by atoms with Gasteiger partial charge in [0.2, 0.25) is 0 Å². The molecule has 0 heterocycles. The lowest BCUT2D eigenvalue weighted by Gasteiger charge is -2.33. The molecular weight excluding hydrogens is 416 g/mol. The minimum absolute atomic E-state index is 0.0219. The molecule has 0 aliphatic heterocycles. The summed E-state index contributed by atoms with van der Waals surface area (Å²) in [4.78, 5) is 22.8. The predicted octanol–water partition coefficient (Wildman–Crippen LogP) is 5.49. The van der Waals surface area contributed by atoms with E-state index in [9.17, 15) is 28.6 Å². The molecule has 1 aromatic rings. The Kier molecular flexibility index (Phi) is 10.6. The number of carboxylic acid groups (broad SMARTS) is 2. The predicted molar refractivity (Wildman–Crippen MR) is 120 cm³/mol. The molecule has 7 heteroatoms. The second-order valence-electron chi connectivity index (χ2n) is 9.05. The van der Waals surface area contributed by atoms with Gasteiger partial charge in [0.05, 0.1) is 0 Å². The number of carboxylic acids is 2. The van der Waals surface area contributed by atoms with Crippen LogP contribution in [-0.4, -0.2) is 34.7 Å². The van der Waals surface area contributed by atoms with Crippen molar-refractivity contribution in [2.24, 2.45) is 5.41 Å². The zero-order valence-corrected chi connectivity index (χ0v) is 19.1. The Bertz CT molecular complexity index is 745. The second kappa shape index (κ2) is 12.9. The summed E-state index contributed by atoms with van der Waals surface area (Å²) >= 11 is 0. The maximum Gasteiger partial charge on any atom is 0.321 e. The van der Waals surface area contributed by atoms with Crippen LogP contribution >= 0.6 is 0 Å². The van der Waals surface area contributed by atoms with Gasteiger partial charge in [-0.1, -0.05) is 57.6 Å². The van der Waals surface area contributed by atoms with Crippen LogP contribution in [0.25, 0.3) is 0 Å². The van der Waals surface area contributed by atoms with Crippen molar-refractivity contribution in [3.05, 3.63) is 34.9 Å². The molecule has 0 aromatic heterocycles. The van der Waals surface area contributed by atoms with Gasteiger partial charge in [0.15, 0.2) is 17.0 Å². The molecule has 0 saturated heterocycles. The highest BCUT2D eigenvalue weighted by molar-refractivity contribution is 5.98. The topological polar surface area (TPSA) is 86.6 Å². The fourth-order valence-corrected chi connectivity index (χ4v) is 4.53. The zero-order valence-electron chi connectivity index (χ0n) is 19.1. The average molecular weight is 454 g/mol. The number of rotatable bonds is 14. The molecule has 32 heavy (non-hydrogen) atoms. The first-order valence-corrected chi connectivity index (χ1v) is 12.0. The van der Waals surface area contributed by atoms with Crippen molar-refractivity contribution in [3.63, 3.8) is 0 Å². The van der Waals surface area contributed by atoms with Crippen LogP contribution < -0.4 is 5.32 Å². The van der Waals surface area contributed by atoms with Gasteiger partial charge in [-0.15, -0.1) is 0 Å². The van der Waals surface area contributed by atoms with Crippen LogP contribution in [0.2, 0.25) is 0 Å². The lowest BCUT2D eigenvalue weighted by atomic mass is 9.72. The lowest BCUT2D eigenvalue weighted by Crippen LogP contribution is -2.46. The first-order chi connectivity index (χ1) is 15.3. The minimum Gasteiger partial charge on any atom is -0.480 e. The van der Waals surface area contributed by atoms with E-state index in [0.29, 0.717) is 43.4 Å². The van der Waals surface area contributed by atoms with Crippen LogP contribution in [0, 0.1) is 17.0 Å². The van der Waals surface area contributed by atoms with E-state index >= 15 is 0 Å². The van der Waals surface area contributed by atoms with Crippen molar-refractivity contribution in [2.45, 2.75) is 96.4 Å². The van der Waals surface area contributed by atoms with Crippen LogP contribution in [0.1, 0.15) is 88.7 Å². The first kappa shape index (κ1) is 26.2. The molecule has 0 bridgehead atoms. The molecule has 1 aromatic carbocycles. The van der Waals surface area contributed by atoms with Crippen molar-refractivity contribution in [3.8, 4) is 0 Å². The molecule has 0 unspecified atom stereocenters. The first-order valence-electron chi connectivity index (χ1n) is 12.0. The van der Waals surface area contributed by atoms with E-state index in [1.807, 2.05) is 0 Å². The molecule has 5 nitrogen and oxygen atoms in total. The van der Waals surface area contributed by atoms with Crippen LogP contribution in [0.3, 0.4) is 0 Å². The number of carbonyl (C=O) groups is 2. The Labute approximate surface area is 189 Å². The molecule has 1 fully saturated rings. The summed E-state index contributed by atoms with van der Waals surface area (Å²) in [5.74, 6) is -4.12. The molecule has 180 valence electrons. The number of aryl methyl sites for hydroxylation is 1. The Morgan fingerprint density at radius 1 is 0.906 bits per heavy atom. The number of benzene rings is 1. The Morgan fingerprint density at radius 3 is 1.94 bits per heavy atom. The van der Waals surface area contributed by atoms with Gasteiger partial charge in [-0.05, 0) is 62.6 Å². The molecule has 1 aliphatic rings. The van der Waals surface area contributed by atoms with Crippen molar-refractivity contribution in [1.29, 1.82) is 0 Å². The molecule has 0 spiro atoms. The highest BCUT2D eigenvalue weighted by Crippen LogP contribution is 2.37. The summed E-state index contributed by atoms with van der Waals surface area (Å²) in [6.07, 6.45) is 9.76. The van der Waals surface area contributed by atoms with E-state index in [0.717, 1.165) is 19.3 Å². The van der Waals surface area contributed by atoms with Gasteiger partial charge >= 0.3 is 11.9 Å². The van der Waals surface area contributed by atoms with E-state index in [-0.39, 0.29) is 18.9 Å². The summed E-state index contributed by atoms with van der Waals surface area (Å²) in [6.45, 7) is 2.60. The zero-order chi connectivity index (χ0) is 23.6. The molecule has 0 atom stereocenters. The smallest absolute Gasteiger partial charge is 0.321 e. The minimum atomic E-state index is -1.71. The summed E-state index contributed by atoms with van der Waals surface area (Å²) in [5, 5.41) is 21.8. The fraction of sp³-hybridized carbons (Fsp3) is 0.680. The van der Waals surface area contributed by atoms with Crippen LogP contribution in [0.4, 0.5) is 8.78 Å². The van der Waals surface area contributed by atoms with Crippen LogP contribution in [-0.2, 0) is 22.4 Å². The summed E-state index contributed by atoms with van der Waals surface area (Å²) in [5.41, 5.74) is -0.961. The molecular formula is C25H37F2NO4. The number of unbranched alkanes of at least 4 members (excludes halogenated alkanes) is 6. The van der Waals surface area contributed by atoms with Crippen molar-refractivity contribution in [2.75, 3.05) is 6.54 Å². The molecule has 2 rings (SSSR count). The molecule has 0 amide bonds. The summed E-state index contributed by atoms with van der Waals surface area (Å²) in [6, 6.07) is 3.31. The number of aliphatic carboxylic acids is 2. The highest BCUT2D eigenvalue weighted by Gasteiger charge is 2.48. The molecule has 3 N–H and O–H groups in total. The Hall–Kier alpha value is -2.02. The lowest BCUT2D eigenvalue weighted by molar-refractivity contribution is -0.167. The third-order valence-corrected chi connectivity index (χ3v) is 6.78. The van der Waals surface area contributed by atoms with Gasteiger partial charge in [0.25, 0.3) is 0 Å². The molecule has 1 saturated carbocycles. The number of hydrogen-bond acceptors (Lipinski definition) is 3. The van der Waals surface area contributed by atoms with E-state index < -0.39 is 29.0 Å². The molecule has 0 radical (unpaired) electrons. The van der Waals surface area contributed by atoms with E-state index in [2.05, 4.69) is 12.2 Å². The number of hydrogen-bond donors (Lipinski definition) is 3. The number of nitrogens with one attached hydrogen (secondary N) is 1. The van der Waals surface area contributed by atoms with Crippen LogP contribution in [0.15, 0.2) is 12.1 Å². The van der Waals surface area contributed by atoms with Gasteiger partial charge in [-0.3, -0.25) is 9.59 Å². The van der Waals surface area contributed by atoms with Gasteiger partial charge in [0.1, 0.15) is 0 Å². The van der Waals surface area contributed by atoms with Gasteiger partial charge in [-0.2, -0.15) is 0 Å². The highest BCUT2D eigenvalue weighted by atomic mass is 19.2. The maximum absolute atomic E-state index is 14.5. The third-order valence-electron chi connectivity index (χ3n) is 6.78. The summed E-state index contributed by atoms with van der Waals surface area (Å²) in [7, 11) is 0. The van der Waals surface area contributed by atoms with Gasteiger partial charge < -0.3 is 15.5 Å². The quantitative estimate of drug-likeness (QED) is 0.256. The summed E-state index contributed by atoms with van der Waals surface area (Å²) < 4.78 is 28.9. The molecule has 1 aliphatic carbocycles.